The smallest absolute Gasteiger partial charge is 0.222 e. The zero-order valence-electron chi connectivity index (χ0n) is 9.37. The average molecular weight is 215 g/mol. The highest BCUT2D eigenvalue weighted by Crippen LogP contribution is 2.15. The number of hydrogen-bond donors (Lipinski definition) is 2. The number of rotatable bonds is 5. The maximum Gasteiger partial charge on any atom is 0.222 e. The van der Waals surface area contributed by atoms with Crippen molar-refractivity contribution < 1.29 is 14.6 Å². The molecule has 0 aromatic heterocycles. The zero-order valence-corrected chi connectivity index (χ0v) is 9.37. The molecule has 1 heterocycles. The quantitative estimate of drug-likeness (QED) is 0.714. The fourth-order valence-corrected chi connectivity index (χ4v) is 1.74. The highest BCUT2D eigenvalue weighted by atomic mass is 16.5. The van der Waals surface area contributed by atoms with Crippen molar-refractivity contribution in [2.75, 3.05) is 13.2 Å². The highest BCUT2D eigenvalue weighted by molar-refractivity contribution is 5.76. The van der Waals surface area contributed by atoms with Crippen LogP contribution in [0.4, 0.5) is 0 Å². The van der Waals surface area contributed by atoms with Crippen molar-refractivity contribution >= 4 is 5.91 Å². The van der Waals surface area contributed by atoms with Crippen LogP contribution in [0.3, 0.4) is 0 Å². The molecule has 1 aliphatic rings. The van der Waals surface area contributed by atoms with E-state index in [9.17, 15) is 4.79 Å². The summed E-state index contributed by atoms with van der Waals surface area (Å²) in [7, 11) is 0. The van der Waals surface area contributed by atoms with E-state index in [0.29, 0.717) is 6.42 Å². The minimum atomic E-state index is -0.110. The van der Waals surface area contributed by atoms with Gasteiger partial charge in [-0.05, 0) is 25.7 Å². The first-order valence-corrected chi connectivity index (χ1v) is 5.78. The zero-order chi connectivity index (χ0) is 11.1. The number of carbonyl (C=O) groups is 1. The Kier molecular flexibility index (Phi) is 5.65. The van der Waals surface area contributed by atoms with Gasteiger partial charge in [0.05, 0.1) is 25.2 Å². The molecule has 0 bridgehead atoms. The fourth-order valence-electron chi connectivity index (χ4n) is 1.74. The first-order chi connectivity index (χ1) is 7.26. The Hall–Kier alpha value is -0.610. The summed E-state index contributed by atoms with van der Waals surface area (Å²) in [4.78, 5) is 11.5. The van der Waals surface area contributed by atoms with Crippen LogP contribution < -0.4 is 5.32 Å². The summed E-state index contributed by atoms with van der Waals surface area (Å²) in [6, 6.07) is -0.110. The lowest BCUT2D eigenvalue weighted by Crippen LogP contribution is -2.39. The second kappa shape index (κ2) is 6.80. The molecule has 1 fully saturated rings. The Bertz CT molecular complexity index is 186. The Morgan fingerprint density at radius 1 is 1.60 bits per heavy atom. The predicted octanol–water partition coefficient (Wildman–Crippen LogP) is 0.833. The van der Waals surface area contributed by atoms with Gasteiger partial charge in [-0.3, -0.25) is 4.79 Å². The van der Waals surface area contributed by atoms with Gasteiger partial charge in [0.1, 0.15) is 0 Å². The molecule has 2 N–H and O–H groups in total. The minimum absolute atomic E-state index is 0.00770. The summed E-state index contributed by atoms with van der Waals surface area (Å²) in [5.74, 6) is -0.0113. The van der Waals surface area contributed by atoms with Gasteiger partial charge >= 0.3 is 0 Å². The second-order valence-electron chi connectivity index (χ2n) is 4.05. The van der Waals surface area contributed by atoms with Crippen LogP contribution in [0, 0.1) is 0 Å². The molecule has 0 aromatic carbocycles. The summed E-state index contributed by atoms with van der Waals surface area (Å²) < 4.78 is 5.47. The average Bonchev–Trinajstić information content (AvgIpc) is 2.27. The first kappa shape index (κ1) is 12.5. The first-order valence-electron chi connectivity index (χ1n) is 5.78. The topological polar surface area (TPSA) is 58.6 Å². The van der Waals surface area contributed by atoms with Crippen LogP contribution in [0.1, 0.15) is 39.0 Å². The molecule has 1 amide bonds. The number of carbonyl (C=O) groups excluding carboxylic acids is 1. The summed E-state index contributed by atoms with van der Waals surface area (Å²) in [6.07, 6.45) is 4.49. The lowest BCUT2D eigenvalue weighted by Gasteiger charge is -2.23. The summed E-state index contributed by atoms with van der Waals surface area (Å²) in [5.41, 5.74) is 0. The van der Waals surface area contributed by atoms with E-state index in [4.69, 9.17) is 9.84 Å². The van der Waals surface area contributed by atoms with E-state index in [1.165, 1.54) is 0 Å². The molecule has 0 aliphatic carbocycles. The van der Waals surface area contributed by atoms with Crippen molar-refractivity contribution in [3.63, 3.8) is 0 Å². The van der Waals surface area contributed by atoms with Gasteiger partial charge in [-0.25, -0.2) is 0 Å². The van der Waals surface area contributed by atoms with E-state index in [1.54, 1.807) is 0 Å². The normalized spacial score (nSPS) is 23.5. The number of amides is 1. The SMILES string of the molecule is CC[C@H](CO)NC(=O)CC1CCCCO1. The van der Waals surface area contributed by atoms with Crippen LogP contribution in [-0.2, 0) is 9.53 Å². The number of hydrogen-bond acceptors (Lipinski definition) is 3. The summed E-state index contributed by atoms with van der Waals surface area (Å²) >= 11 is 0. The summed E-state index contributed by atoms with van der Waals surface area (Å²) in [6.45, 7) is 2.72. The van der Waals surface area contributed by atoms with Crippen LogP contribution in [0.15, 0.2) is 0 Å². The van der Waals surface area contributed by atoms with Crippen LogP contribution in [0.25, 0.3) is 0 Å². The fraction of sp³-hybridized carbons (Fsp3) is 0.909. The van der Waals surface area contributed by atoms with Crippen molar-refractivity contribution in [2.45, 2.75) is 51.2 Å². The number of nitrogens with one attached hydrogen (secondary N) is 1. The number of aliphatic hydroxyl groups excluding tert-OH is 1. The molecule has 0 aromatic rings. The highest BCUT2D eigenvalue weighted by Gasteiger charge is 2.18. The lowest BCUT2D eigenvalue weighted by atomic mass is 10.1. The van der Waals surface area contributed by atoms with Gasteiger partial charge in [0.25, 0.3) is 0 Å². The molecule has 15 heavy (non-hydrogen) atoms. The largest absolute Gasteiger partial charge is 0.394 e. The molecular weight excluding hydrogens is 194 g/mol. The maximum atomic E-state index is 11.5. The van der Waals surface area contributed by atoms with Gasteiger partial charge < -0.3 is 15.2 Å². The molecule has 1 rings (SSSR count). The van der Waals surface area contributed by atoms with Gasteiger partial charge in [-0.1, -0.05) is 6.92 Å². The van der Waals surface area contributed by atoms with E-state index in [1.807, 2.05) is 6.92 Å². The van der Waals surface area contributed by atoms with Crippen LogP contribution in [0.5, 0.6) is 0 Å². The molecule has 88 valence electrons. The van der Waals surface area contributed by atoms with Crippen LogP contribution >= 0.6 is 0 Å². The van der Waals surface area contributed by atoms with E-state index in [-0.39, 0.29) is 24.7 Å². The molecule has 2 atom stereocenters. The molecule has 0 radical (unpaired) electrons. The van der Waals surface area contributed by atoms with Crippen LogP contribution in [-0.4, -0.2) is 36.4 Å². The molecule has 4 heteroatoms. The Balaban J connectivity index is 2.21. The van der Waals surface area contributed by atoms with Crippen molar-refractivity contribution in [3.05, 3.63) is 0 Å². The minimum Gasteiger partial charge on any atom is -0.394 e. The third-order valence-corrected chi connectivity index (χ3v) is 2.77. The lowest BCUT2D eigenvalue weighted by molar-refractivity contribution is -0.125. The molecule has 1 aliphatic heterocycles. The number of aliphatic hydroxyl groups is 1. The molecule has 4 nitrogen and oxygen atoms in total. The maximum absolute atomic E-state index is 11.5. The monoisotopic (exact) mass is 215 g/mol. The third-order valence-electron chi connectivity index (χ3n) is 2.77. The summed E-state index contributed by atoms with van der Waals surface area (Å²) in [5, 5.41) is 11.7. The Morgan fingerprint density at radius 2 is 2.40 bits per heavy atom. The predicted molar refractivity (Wildman–Crippen MR) is 57.5 cm³/mol. The van der Waals surface area contributed by atoms with Crippen molar-refractivity contribution in [1.29, 1.82) is 0 Å². The molecule has 1 unspecified atom stereocenters. The number of ether oxygens (including phenoxy) is 1. The molecule has 1 saturated heterocycles. The van der Waals surface area contributed by atoms with E-state index in [2.05, 4.69) is 5.32 Å². The van der Waals surface area contributed by atoms with E-state index >= 15 is 0 Å². The molecular formula is C11H21NO3. The van der Waals surface area contributed by atoms with Crippen molar-refractivity contribution in [3.8, 4) is 0 Å². The van der Waals surface area contributed by atoms with Crippen molar-refractivity contribution in [1.82, 2.24) is 5.32 Å². The molecule has 0 spiro atoms. The Morgan fingerprint density at radius 3 is 2.93 bits per heavy atom. The van der Waals surface area contributed by atoms with Crippen LogP contribution in [0.2, 0.25) is 0 Å². The van der Waals surface area contributed by atoms with Gasteiger partial charge in [-0.15, -0.1) is 0 Å². The van der Waals surface area contributed by atoms with E-state index in [0.717, 1.165) is 32.3 Å². The van der Waals surface area contributed by atoms with Gasteiger partial charge in [0, 0.05) is 6.61 Å². The van der Waals surface area contributed by atoms with Gasteiger partial charge in [0.2, 0.25) is 5.91 Å². The van der Waals surface area contributed by atoms with Gasteiger partial charge in [0.15, 0.2) is 0 Å². The Labute approximate surface area is 91.0 Å². The van der Waals surface area contributed by atoms with Crippen molar-refractivity contribution in [2.24, 2.45) is 0 Å². The second-order valence-corrected chi connectivity index (χ2v) is 4.05. The van der Waals surface area contributed by atoms with E-state index < -0.39 is 0 Å². The van der Waals surface area contributed by atoms with Gasteiger partial charge in [-0.2, -0.15) is 0 Å². The third kappa shape index (κ3) is 4.62. The molecule has 0 saturated carbocycles. The standard InChI is InChI=1S/C11H21NO3/c1-2-9(8-13)12-11(14)7-10-5-3-4-6-15-10/h9-10,13H,2-8H2,1H3,(H,12,14)/t9-,10?/m1/s1.